The molecule has 1 atom stereocenters. The van der Waals surface area contributed by atoms with E-state index in [1.807, 2.05) is 31.2 Å². The van der Waals surface area contributed by atoms with E-state index in [2.05, 4.69) is 19.9 Å². The Bertz CT molecular complexity index is 676. The van der Waals surface area contributed by atoms with Gasteiger partial charge in [0.15, 0.2) is 6.61 Å². The van der Waals surface area contributed by atoms with Gasteiger partial charge < -0.3 is 18.9 Å². The number of aryl methyl sites for hydroxylation is 1. The van der Waals surface area contributed by atoms with E-state index in [9.17, 15) is 4.79 Å². The van der Waals surface area contributed by atoms with Gasteiger partial charge in [0.1, 0.15) is 11.9 Å². The van der Waals surface area contributed by atoms with Gasteiger partial charge in [-0.3, -0.25) is 0 Å². The summed E-state index contributed by atoms with van der Waals surface area (Å²) >= 11 is 0. The van der Waals surface area contributed by atoms with Crippen LogP contribution in [-0.2, 0) is 32.2 Å². The Labute approximate surface area is 162 Å². The number of ether oxygens (including phenoxy) is 4. The molecule has 0 fully saturated rings. The molecule has 0 heterocycles. The molecule has 0 radical (unpaired) electrons. The maximum atomic E-state index is 12.2. The van der Waals surface area contributed by atoms with Crippen molar-refractivity contribution in [1.82, 2.24) is 0 Å². The molecule has 0 saturated heterocycles. The van der Waals surface area contributed by atoms with E-state index in [4.69, 9.17) is 18.9 Å². The number of hydrogen-bond donors (Lipinski definition) is 0. The summed E-state index contributed by atoms with van der Waals surface area (Å²) in [7, 11) is 3.26. The zero-order valence-electron chi connectivity index (χ0n) is 16.9. The van der Waals surface area contributed by atoms with Crippen LogP contribution in [0, 0.1) is 12.8 Å². The van der Waals surface area contributed by atoms with Gasteiger partial charge >= 0.3 is 5.97 Å². The molecular weight excluding hydrogens is 344 g/mol. The van der Waals surface area contributed by atoms with Gasteiger partial charge in [-0.25, -0.2) is 4.79 Å². The normalized spacial score (nSPS) is 16.4. The maximum absolute atomic E-state index is 12.2. The van der Waals surface area contributed by atoms with Crippen molar-refractivity contribution in [2.75, 3.05) is 20.8 Å². The van der Waals surface area contributed by atoms with Crippen molar-refractivity contribution in [3.05, 3.63) is 52.6 Å². The number of esters is 1. The van der Waals surface area contributed by atoms with Gasteiger partial charge in [0, 0.05) is 31.8 Å². The minimum Gasteiger partial charge on any atom is -0.481 e. The highest BCUT2D eigenvalue weighted by Gasteiger charge is 2.17. The first kappa shape index (κ1) is 21.2. The molecule has 148 valence electrons. The summed E-state index contributed by atoms with van der Waals surface area (Å²) in [4.78, 5) is 12.2. The molecule has 27 heavy (non-hydrogen) atoms. The van der Waals surface area contributed by atoms with Crippen LogP contribution in [0.5, 0.6) is 5.75 Å². The zero-order chi connectivity index (χ0) is 19.8. The molecule has 1 aromatic carbocycles. The molecule has 0 aliphatic heterocycles. The standard InChI is InChI=1S/C22H30O5/c1-15(2)17-6-8-20(9-7-17)27-21(23)14-26-22-18(12-24-4)10-16(3)11-19(22)13-25-5/h6-8,10-11,15,20H,9,12-14H2,1-5H3. The Kier molecular flexibility index (Phi) is 8.07. The third-order valence-electron chi connectivity index (χ3n) is 4.36. The Balaban J connectivity index is 1.99. The predicted octanol–water partition coefficient (Wildman–Crippen LogP) is 4.12. The Morgan fingerprint density at radius 2 is 1.78 bits per heavy atom. The molecule has 2 rings (SSSR count). The van der Waals surface area contributed by atoms with Crippen molar-refractivity contribution < 1.29 is 23.7 Å². The second-order valence-corrected chi connectivity index (χ2v) is 7.05. The van der Waals surface area contributed by atoms with E-state index in [0.29, 0.717) is 31.3 Å². The zero-order valence-corrected chi connectivity index (χ0v) is 16.9. The minimum atomic E-state index is -0.390. The molecule has 1 aliphatic carbocycles. The SMILES string of the molecule is COCc1cc(C)cc(COC)c1OCC(=O)OC1C=CC(C(C)C)=CC1. The number of carbonyl (C=O) groups excluding carboxylic acids is 1. The lowest BCUT2D eigenvalue weighted by Gasteiger charge is -2.20. The summed E-state index contributed by atoms with van der Waals surface area (Å²) in [6.07, 6.45) is 6.55. The largest absolute Gasteiger partial charge is 0.481 e. The van der Waals surface area contributed by atoms with Crippen LogP contribution in [-0.4, -0.2) is 32.9 Å². The lowest BCUT2D eigenvalue weighted by atomic mass is 9.96. The Hall–Kier alpha value is -2.11. The summed E-state index contributed by atoms with van der Waals surface area (Å²) < 4.78 is 21.8. The molecule has 0 N–H and O–H groups in total. The molecular formula is C22H30O5. The fraction of sp³-hybridized carbons (Fsp3) is 0.500. The van der Waals surface area contributed by atoms with Crippen molar-refractivity contribution >= 4 is 5.97 Å². The first-order chi connectivity index (χ1) is 12.9. The molecule has 0 aromatic heterocycles. The van der Waals surface area contributed by atoms with E-state index < -0.39 is 5.97 Å². The molecule has 0 bridgehead atoms. The van der Waals surface area contributed by atoms with Crippen LogP contribution >= 0.6 is 0 Å². The summed E-state index contributed by atoms with van der Waals surface area (Å²) in [6, 6.07) is 3.98. The average Bonchev–Trinajstić information content (AvgIpc) is 2.62. The fourth-order valence-electron chi connectivity index (χ4n) is 3.11. The third-order valence-corrected chi connectivity index (χ3v) is 4.36. The monoisotopic (exact) mass is 374 g/mol. The molecule has 0 saturated carbocycles. The molecule has 1 unspecified atom stereocenters. The number of carbonyl (C=O) groups is 1. The highest BCUT2D eigenvalue weighted by molar-refractivity contribution is 5.71. The highest BCUT2D eigenvalue weighted by Crippen LogP contribution is 2.28. The molecule has 0 spiro atoms. The van der Waals surface area contributed by atoms with Crippen LogP contribution in [0.15, 0.2) is 35.9 Å². The fourth-order valence-corrected chi connectivity index (χ4v) is 3.11. The maximum Gasteiger partial charge on any atom is 0.344 e. The van der Waals surface area contributed by atoms with Crippen LogP contribution in [0.4, 0.5) is 0 Å². The van der Waals surface area contributed by atoms with Crippen LogP contribution in [0.25, 0.3) is 0 Å². The number of methoxy groups -OCH3 is 2. The summed E-state index contributed by atoms with van der Waals surface area (Å²) in [6.45, 7) is 6.94. The van der Waals surface area contributed by atoms with Gasteiger partial charge in [-0.2, -0.15) is 0 Å². The third kappa shape index (κ3) is 6.22. The van der Waals surface area contributed by atoms with Gasteiger partial charge in [0.25, 0.3) is 0 Å². The average molecular weight is 374 g/mol. The first-order valence-corrected chi connectivity index (χ1v) is 9.25. The summed E-state index contributed by atoms with van der Waals surface area (Å²) in [5.41, 5.74) is 4.13. The predicted molar refractivity (Wildman–Crippen MR) is 105 cm³/mol. The Morgan fingerprint density at radius 3 is 2.26 bits per heavy atom. The van der Waals surface area contributed by atoms with Crippen molar-refractivity contribution in [3.63, 3.8) is 0 Å². The van der Waals surface area contributed by atoms with Crippen LogP contribution in [0.2, 0.25) is 0 Å². The van der Waals surface area contributed by atoms with Crippen molar-refractivity contribution in [2.24, 2.45) is 5.92 Å². The Morgan fingerprint density at radius 1 is 1.15 bits per heavy atom. The van der Waals surface area contributed by atoms with E-state index in [-0.39, 0.29) is 12.7 Å². The van der Waals surface area contributed by atoms with Gasteiger partial charge in [-0.15, -0.1) is 0 Å². The highest BCUT2D eigenvalue weighted by atomic mass is 16.6. The minimum absolute atomic E-state index is 0.151. The quantitative estimate of drug-likeness (QED) is 0.609. The molecule has 1 aromatic rings. The van der Waals surface area contributed by atoms with Crippen molar-refractivity contribution in [3.8, 4) is 5.75 Å². The summed E-state index contributed by atoms with van der Waals surface area (Å²) in [5.74, 6) is 0.710. The molecule has 0 amide bonds. The van der Waals surface area contributed by atoms with Gasteiger partial charge in [-0.1, -0.05) is 43.7 Å². The number of allylic oxidation sites excluding steroid dienone is 2. The van der Waals surface area contributed by atoms with E-state index in [0.717, 1.165) is 16.7 Å². The number of benzene rings is 1. The van der Waals surface area contributed by atoms with E-state index >= 15 is 0 Å². The number of hydrogen-bond acceptors (Lipinski definition) is 5. The molecule has 5 nitrogen and oxygen atoms in total. The van der Waals surface area contributed by atoms with Crippen LogP contribution < -0.4 is 4.74 Å². The second-order valence-electron chi connectivity index (χ2n) is 7.05. The number of rotatable bonds is 9. The lowest BCUT2D eigenvalue weighted by Crippen LogP contribution is -2.23. The van der Waals surface area contributed by atoms with Crippen molar-refractivity contribution in [1.29, 1.82) is 0 Å². The van der Waals surface area contributed by atoms with E-state index in [1.54, 1.807) is 14.2 Å². The molecule has 5 heteroatoms. The smallest absolute Gasteiger partial charge is 0.344 e. The van der Waals surface area contributed by atoms with Gasteiger partial charge in [0.05, 0.1) is 13.2 Å². The second kappa shape index (κ2) is 10.3. The topological polar surface area (TPSA) is 54.0 Å². The van der Waals surface area contributed by atoms with Crippen molar-refractivity contribution in [2.45, 2.75) is 46.5 Å². The summed E-state index contributed by atoms with van der Waals surface area (Å²) in [5, 5.41) is 0. The van der Waals surface area contributed by atoms with Gasteiger partial charge in [0.2, 0.25) is 0 Å². The van der Waals surface area contributed by atoms with Crippen LogP contribution in [0.3, 0.4) is 0 Å². The van der Waals surface area contributed by atoms with Gasteiger partial charge in [-0.05, 0) is 24.5 Å². The molecule has 1 aliphatic rings. The van der Waals surface area contributed by atoms with Crippen LogP contribution in [0.1, 0.15) is 37.0 Å². The van der Waals surface area contributed by atoms with E-state index in [1.165, 1.54) is 5.57 Å². The lowest BCUT2D eigenvalue weighted by molar-refractivity contribution is -0.149. The first-order valence-electron chi connectivity index (χ1n) is 9.25.